The summed E-state index contributed by atoms with van der Waals surface area (Å²) in [4.78, 5) is 12.2. The second-order valence-corrected chi connectivity index (χ2v) is 8.59. The molecule has 0 aliphatic heterocycles. The van der Waals surface area contributed by atoms with Crippen LogP contribution in [0.15, 0.2) is 58.1 Å². The van der Waals surface area contributed by atoms with Gasteiger partial charge in [-0.3, -0.25) is 4.79 Å². The van der Waals surface area contributed by atoms with Crippen LogP contribution >= 0.6 is 15.9 Å². The van der Waals surface area contributed by atoms with Crippen LogP contribution in [0.2, 0.25) is 0 Å². The van der Waals surface area contributed by atoms with Gasteiger partial charge in [0.25, 0.3) is 5.91 Å². The topological polar surface area (TPSA) is 50.7 Å². The Morgan fingerprint density at radius 1 is 1.15 bits per heavy atom. The van der Waals surface area contributed by atoms with Gasteiger partial charge in [-0.25, -0.2) is 5.43 Å². The summed E-state index contributed by atoms with van der Waals surface area (Å²) in [7, 11) is 0. The number of carbonyl (C=O) groups excluding carboxylic acids is 1. The van der Waals surface area contributed by atoms with Gasteiger partial charge in [0.15, 0.2) is 6.61 Å². The molecule has 0 aliphatic carbocycles. The first kappa shape index (κ1) is 21.2. The lowest BCUT2D eigenvalue weighted by atomic mass is 9.87. The van der Waals surface area contributed by atoms with Crippen LogP contribution in [-0.2, 0) is 10.2 Å². The molecule has 0 aromatic heterocycles. The molecule has 2 aromatic rings. The molecule has 4 nitrogen and oxygen atoms in total. The average molecular weight is 431 g/mol. The van der Waals surface area contributed by atoms with Crippen molar-refractivity contribution in [3.05, 3.63) is 64.1 Å². The molecule has 0 radical (unpaired) electrons. The zero-order valence-electron chi connectivity index (χ0n) is 16.5. The van der Waals surface area contributed by atoms with Crippen LogP contribution in [0.25, 0.3) is 0 Å². The van der Waals surface area contributed by atoms with Gasteiger partial charge in [0.1, 0.15) is 5.75 Å². The fraction of sp³-hybridized carbons (Fsp3) is 0.364. The molecule has 1 amide bonds. The van der Waals surface area contributed by atoms with Crippen LogP contribution in [0.4, 0.5) is 0 Å². The molecule has 27 heavy (non-hydrogen) atoms. The quantitative estimate of drug-likeness (QED) is 0.498. The molecule has 0 unspecified atom stereocenters. The maximum Gasteiger partial charge on any atom is 0.277 e. The summed E-state index contributed by atoms with van der Waals surface area (Å²) in [6.07, 6.45) is 0. The Balaban J connectivity index is 2.00. The van der Waals surface area contributed by atoms with E-state index >= 15 is 0 Å². The minimum absolute atomic E-state index is 0.0534. The highest BCUT2D eigenvalue weighted by Crippen LogP contribution is 2.31. The van der Waals surface area contributed by atoms with E-state index in [2.05, 4.69) is 47.2 Å². The maximum absolute atomic E-state index is 12.2. The van der Waals surface area contributed by atoms with Crippen molar-refractivity contribution in [2.45, 2.75) is 40.0 Å². The van der Waals surface area contributed by atoms with Crippen molar-refractivity contribution in [2.75, 3.05) is 6.61 Å². The number of carbonyl (C=O) groups is 1. The summed E-state index contributed by atoms with van der Waals surface area (Å²) < 4.78 is 6.47. The van der Waals surface area contributed by atoms with Gasteiger partial charge in [0.05, 0.1) is 10.2 Å². The first-order valence-corrected chi connectivity index (χ1v) is 9.82. The molecule has 2 aromatic carbocycles. The fourth-order valence-electron chi connectivity index (χ4n) is 2.52. The van der Waals surface area contributed by atoms with Gasteiger partial charge in [-0.2, -0.15) is 5.10 Å². The predicted molar refractivity (Wildman–Crippen MR) is 114 cm³/mol. The predicted octanol–water partition coefficient (Wildman–Crippen LogP) is 5.30. The average Bonchev–Trinajstić information content (AvgIpc) is 2.60. The molecule has 0 saturated heterocycles. The van der Waals surface area contributed by atoms with E-state index in [1.54, 1.807) is 0 Å². The van der Waals surface area contributed by atoms with Crippen LogP contribution < -0.4 is 10.2 Å². The Morgan fingerprint density at radius 3 is 2.37 bits per heavy atom. The van der Waals surface area contributed by atoms with E-state index in [0.29, 0.717) is 5.75 Å². The van der Waals surface area contributed by atoms with E-state index in [0.717, 1.165) is 15.7 Å². The highest BCUT2D eigenvalue weighted by molar-refractivity contribution is 9.10. The molecule has 0 heterocycles. The molecule has 144 valence electrons. The molecule has 0 atom stereocenters. The summed E-state index contributed by atoms with van der Waals surface area (Å²) in [5.74, 6) is 0.526. The van der Waals surface area contributed by atoms with Gasteiger partial charge < -0.3 is 4.74 Å². The summed E-state index contributed by atoms with van der Waals surface area (Å²) in [5.41, 5.74) is 5.67. The van der Waals surface area contributed by atoms with Gasteiger partial charge in [-0.05, 0) is 50.5 Å². The number of nitrogens with zero attached hydrogens (tertiary/aromatic N) is 1. The molecule has 0 aliphatic rings. The number of rotatable bonds is 6. The van der Waals surface area contributed by atoms with E-state index in [4.69, 9.17) is 4.74 Å². The van der Waals surface area contributed by atoms with Gasteiger partial charge in [0.2, 0.25) is 0 Å². The SMILES string of the molecule is CC(C)C(=NNC(=O)COc1ccc(C(C)(C)C)cc1Br)c1ccccc1. The molecule has 0 spiro atoms. The van der Waals surface area contributed by atoms with Gasteiger partial charge in [-0.1, -0.05) is 71.0 Å². The lowest BCUT2D eigenvalue weighted by Crippen LogP contribution is -2.27. The lowest BCUT2D eigenvalue weighted by Gasteiger charge is -2.20. The molecule has 0 saturated carbocycles. The molecule has 0 bridgehead atoms. The zero-order chi connectivity index (χ0) is 20.0. The van der Waals surface area contributed by atoms with Crippen molar-refractivity contribution < 1.29 is 9.53 Å². The molecular weight excluding hydrogens is 404 g/mol. The van der Waals surface area contributed by atoms with Crippen molar-refractivity contribution >= 4 is 27.5 Å². The minimum atomic E-state index is -0.295. The normalized spacial score (nSPS) is 12.2. The third-order valence-corrected chi connectivity index (χ3v) is 4.69. The zero-order valence-corrected chi connectivity index (χ0v) is 18.1. The van der Waals surface area contributed by atoms with Crippen LogP contribution in [-0.4, -0.2) is 18.2 Å². The first-order chi connectivity index (χ1) is 12.7. The minimum Gasteiger partial charge on any atom is -0.483 e. The van der Waals surface area contributed by atoms with Gasteiger partial charge in [0, 0.05) is 0 Å². The fourth-order valence-corrected chi connectivity index (χ4v) is 3.01. The second kappa shape index (κ2) is 9.18. The monoisotopic (exact) mass is 430 g/mol. The summed E-state index contributed by atoms with van der Waals surface area (Å²) in [5, 5.41) is 4.30. The van der Waals surface area contributed by atoms with Crippen molar-refractivity contribution in [1.29, 1.82) is 0 Å². The number of hydrazone groups is 1. The molecule has 5 heteroatoms. The Bertz CT molecular complexity index is 809. The Morgan fingerprint density at radius 2 is 1.81 bits per heavy atom. The van der Waals surface area contributed by atoms with Crippen LogP contribution in [0.5, 0.6) is 5.75 Å². The first-order valence-electron chi connectivity index (χ1n) is 9.03. The molecule has 1 N–H and O–H groups in total. The van der Waals surface area contributed by atoms with E-state index in [-0.39, 0.29) is 23.8 Å². The highest BCUT2D eigenvalue weighted by atomic mass is 79.9. The number of hydrogen-bond donors (Lipinski definition) is 1. The Kier molecular flexibility index (Phi) is 7.19. The number of ether oxygens (including phenoxy) is 1. The summed E-state index contributed by atoms with van der Waals surface area (Å²) in [6, 6.07) is 15.8. The smallest absolute Gasteiger partial charge is 0.277 e. The van der Waals surface area contributed by atoms with Crippen molar-refractivity contribution in [1.82, 2.24) is 5.43 Å². The van der Waals surface area contributed by atoms with E-state index < -0.39 is 0 Å². The number of halogens is 1. The third-order valence-electron chi connectivity index (χ3n) is 4.07. The van der Waals surface area contributed by atoms with Crippen LogP contribution in [0.3, 0.4) is 0 Å². The van der Waals surface area contributed by atoms with Crippen LogP contribution in [0.1, 0.15) is 45.7 Å². The maximum atomic E-state index is 12.2. The van der Waals surface area contributed by atoms with Gasteiger partial charge in [-0.15, -0.1) is 0 Å². The third kappa shape index (κ3) is 6.21. The van der Waals surface area contributed by atoms with Gasteiger partial charge >= 0.3 is 0 Å². The number of hydrogen-bond acceptors (Lipinski definition) is 3. The Labute approximate surface area is 170 Å². The van der Waals surface area contributed by atoms with E-state index in [1.807, 2.05) is 62.4 Å². The standard InChI is InChI=1S/C22H27BrN2O2/c1-15(2)21(16-9-7-6-8-10-16)25-24-20(26)14-27-19-12-11-17(13-18(19)23)22(3,4)5/h6-13,15H,14H2,1-5H3,(H,24,26). The lowest BCUT2D eigenvalue weighted by molar-refractivity contribution is -0.123. The molecule has 2 rings (SSSR count). The van der Waals surface area contributed by atoms with Crippen LogP contribution in [0, 0.1) is 5.92 Å². The van der Waals surface area contributed by atoms with E-state index in [9.17, 15) is 4.79 Å². The second-order valence-electron chi connectivity index (χ2n) is 7.74. The number of benzene rings is 2. The molecular formula is C22H27BrN2O2. The number of nitrogens with one attached hydrogen (secondary N) is 1. The highest BCUT2D eigenvalue weighted by Gasteiger charge is 2.16. The Hall–Kier alpha value is -2.14. The van der Waals surface area contributed by atoms with Crippen molar-refractivity contribution in [3.63, 3.8) is 0 Å². The van der Waals surface area contributed by atoms with E-state index in [1.165, 1.54) is 5.56 Å². The number of amides is 1. The van der Waals surface area contributed by atoms with Crippen molar-refractivity contribution in [3.8, 4) is 5.75 Å². The van der Waals surface area contributed by atoms with Crippen molar-refractivity contribution in [2.24, 2.45) is 11.0 Å². The largest absolute Gasteiger partial charge is 0.483 e. The summed E-state index contributed by atoms with van der Waals surface area (Å²) in [6.45, 7) is 10.4. The summed E-state index contributed by atoms with van der Waals surface area (Å²) >= 11 is 3.52. The molecule has 0 fully saturated rings.